The molecule has 0 aromatic heterocycles. The topological polar surface area (TPSA) is 46.2 Å². The zero-order valence-corrected chi connectivity index (χ0v) is 13.1. The van der Waals surface area contributed by atoms with Crippen molar-refractivity contribution in [3.8, 4) is 0 Å². The van der Waals surface area contributed by atoms with Gasteiger partial charge in [-0.3, -0.25) is 0 Å². The summed E-state index contributed by atoms with van der Waals surface area (Å²) in [4.78, 5) is 0.238. The van der Waals surface area contributed by atoms with E-state index in [9.17, 15) is 8.42 Å². The minimum absolute atomic E-state index is 0.146. The first-order chi connectivity index (χ1) is 7.77. The Morgan fingerprint density at radius 3 is 2.47 bits per heavy atom. The Morgan fingerprint density at radius 1 is 1.41 bits per heavy atom. The molecule has 0 saturated carbocycles. The minimum Gasteiger partial charge on any atom is -0.209 e. The molecule has 0 aliphatic carbocycles. The Balaban J connectivity index is 3.35. The Bertz CT molecular complexity index is 514. The van der Waals surface area contributed by atoms with Crippen LogP contribution in [0.3, 0.4) is 0 Å². The van der Waals surface area contributed by atoms with Crippen molar-refractivity contribution in [3.63, 3.8) is 0 Å². The molecule has 0 bridgehead atoms. The normalized spacial score (nSPS) is 12.1. The molecule has 0 fully saturated rings. The van der Waals surface area contributed by atoms with Gasteiger partial charge in [0.25, 0.3) is 0 Å². The second-order valence-corrected chi connectivity index (χ2v) is 6.88. The van der Waals surface area contributed by atoms with Gasteiger partial charge in [0.15, 0.2) is 0 Å². The molecular formula is C11H15BrClNO2S. The number of aryl methyl sites for hydroxylation is 1. The molecule has 0 aliphatic rings. The van der Waals surface area contributed by atoms with E-state index in [1.54, 1.807) is 19.9 Å². The molecule has 0 heterocycles. The van der Waals surface area contributed by atoms with Crippen LogP contribution >= 0.6 is 27.5 Å². The van der Waals surface area contributed by atoms with E-state index in [-0.39, 0.29) is 16.8 Å². The van der Waals surface area contributed by atoms with Gasteiger partial charge >= 0.3 is 0 Å². The zero-order valence-electron chi connectivity index (χ0n) is 9.92. The number of halogens is 2. The summed E-state index contributed by atoms with van der Waals surface area (Å²) in [6.07, 6.45) is 0. The van der Waals surface area contributed by atoms with Crippen molar-refractivity contribution < 1.29 is 8.42 Å². The highest BCUT2D eigenvalue weighted by Gasteiger charge is 2.20. The van der Waals surface area contributed by atoms with Crippen molar-refractivity contribution in [2.45, 2.75) is 37.6 Å². The van der Waals surface area contributed by atoms with E-state index in [4.69, 9.17) is 11.6 Å². The molecule has 0 amide bonds. The van der Waals surface area contributed by atoms with Gasteiger partial charge in [-0.15, -0.1) is 11.6 Å². The van der Waals surface area contributed by atoms with Crippen LogP contribution in [0.25, 0.3) is 0 Å². The maximum atomic E-state index is 12.1. The number of sulfonamides is 1. The fourth-order valence-corrected chi connectivity index (χ4v) is 3.93. The predicted molar refractivity (Wildman–Crippen MR) is 73.9 cm³/mol. The van der Waals surface area contributed by atoms with Gasteiger partial charge in [-0.2, -0.15) is 0 Å². The predicted octanol–water partition coefficient (Wildman–Crippen LogP) is 3.18. The lowest BCUT2D eigenvalue weighted by Gasteiger charge is -2.13. The third kappa shape index (κ3) is 3.68. The molecule has 1 rings (SSSR count). The summed E-state index contributed by atoms with van der Waals surface area (Å²) in [5, 5.41) is 0. The number of benzene rings is 1. The molecule has 0 unspecified atom stereocenters. The van der Waals surface area contributed by atoms with E-state index < -0.39 is 10.0 Å². The smallest absolute Gasteiger partial charge is 0.209 e. The summed E-state index contributed by atoms with van der Waals surface area (Å²) in [5.74, 6) is 0.290. The van der Waals surface area contributed by atoms with Crippen LogP contribution in [0.15, 0.2) is 21.5 Å². The van der Waals surface area contributed by atoms with Gasteiger partial charge in [0.1, 0.15) is 0 Å². The summed E-state index contributed by atoms with van der Waals surface area (Å²) in [7, 11) is -3.50. The van der Waals surface area contributed by atoms with E-state index in [1.807, 2.05) is 13.0 Å². The standard InChI is InChI=1S/C11H15BrClNO2S/c1-7(2)14-17(15,16)10-5-9(6-13)4-8(3)11(10)12/h4-5,7,14H,6H2,1-3H3. The molecule has 0 aliphatic heterocycles. The molecule has 1 aromatic rings. The molecule has 17 heavy (non-hydrogen) atoms. The summed E-state index contributed by atoms with van der Waals surface area (Å²) in [6, 6.07) is 3.31. The van der Waals surface area contributed by atoms with Crippen LogP contribution in [-0.2, 0) is 15.9 Å². The lowest BCUT2D eigenvalue weighted by Crippen LogP contribution is -2.30. The lowest BCUT2D eigenvalue weighted by atomic mass is 10.2. The van der Waals surface area contributed by atoms with Gasteiger partial charge in [-0.1, -0.05) is 6.07 Å². The van der Waals surface area contributed by atoms with E-state index >= 15 is 0 Å². The van der Waals surface area contributed by atoms with Crippen molar-refractivity contribution in [1.82, 2.24) is 4.72 Å². The van der Waals surface area contributed by atoms with Gasteiger partial charge in [-0.05, 0) is 53.9 Å². The van der Waals surface area contributed by atoms with E-state index in [2.05, 4.69) is 20.7 Å². The number of alkyl halides is 1. The van der Waals surface area contributed by atoms with Crippen molar-refractivity contribution in [2.24, 2.45) is 0 Å². The molecule has 0 atom stereocenters. The maximum absolute atomic E-state index is 12.1. The van der Waals surface area contributed by atoms with Gasteiger partial charge in [-0.25, -0.2) is 13.1 Å². The number of nitrogens with one attached hydrogen (secondary N) is 1. The lowest BCUT2D eigenvalue weighted by molar-refractivity contribution is 0.569. The third-order valence-electron chi connectivity index (χ3n) is 2.12. The van der Waals surface area contributed by atoms with Crippen LogP contribution in [0.5, 0.6) is 0 Å². The molecule has 0 spiro atoms. The fourth-order valence-electron chi connectivity index (χ4n) is 1.46. The molecule has 3 nitrogen and oxygen atoms in total. The SMILES string of the molecule is Cc1cc(CCl)cc(S(=O)(=O)NC(C)C)c1Br. The minimum atomic E-state index is -3.50. The molecule has 1 aromatic carbocycles. The number of rotatable bonds is 4. The van der Waals surface area contributed by atoms with Crippen molar-refractivity contribution in [1.29, 1.82) is 0 Å². The van der Waals surface area contributed by atoms with Gasteiger partial charge < -0.3 is 0 Å². The summed E-state index contributed by atoms with van der Waals surface area (Å²) in [5.41, 5.74) is 1.64. The molecule has 0 saturated heterocycles. The van der Waals surface area contributed by atoms with Crippen LogP contribution < -0.4 is 4.72 Å². The maximum Gasteiger partial charge on any atom is 0.241 e. The Labute approximate surface area is 116 Å². The molecule has 0 radical (unpaired) electrons. The first-order valence-corrected chi connectivity index (χ1v) is 7.96. The van der Waals surface area contributed by atoms with Crippen LogP contribution in [0, 0.1) is 6.92 Å². The number of hydrogen-bond acceptors (Lipinski definition) is 2. The Hall–Kier alpha value is -0.100. The van der Waals surface area contributed by atoms with E-state index in [0.29, 0.717) is 4.47 Å². The van der Waals surface area contributed by atoms with Crippen LogP contribution in [0.2, 0.25) is 0 Å². The van der Waals surface area contributed by atoms with E-state index in [0.717, 1.165) is 11.1 Å². The van der Waals surface area contributed by atoms with Crippen molar-refractivity contribution in [2.75, 3.05) is 0 Å². The molecule has 6 heteroatoms. The summed E-state index contributed by atoms with van der Waals surface area (Å²) in [6.45, 7) is 5.40. The largest absolute Gasteiger partial charge is 0.241 e. The first-order valence-electron chi connectivity index (χ1n) is 5.15. The second-order valence-electron chi connectivity index (χ2n) is 4.13. The van der Waals surface area contributed by atoms with Gasteiger partial charge in [0.2, 0.25) is 10.0 Å². The van der Waals surface area contributed by atoms with Crippen LogP contribution in [0.1, 0.15) is 25.0 Å². The van der Waals surface area contributed by atoms with Crippen LogP contribution in [0.4, 0.5) is 0 Å². The van der Waals surface area contributed by atoms with Crippen LogP contribution in [-0.4, -0.2) is 14.5 Å². The van der Waals surface area contributed by atoms with Gasteiger partial charge in [0, 0.05) is 16.4 Å². The zero-order chi connectivity index (χ0) is 13.2. The summed E-state index contributed by atoms with van der Waals surface area (Å²) < 4.78 is 27.3. The third-order valence-corrected chi connectivity index (χ3v) is 5.42. The average molecular weight is 341 g/mol. The quantitative estimate of drug-likeness (QED) is 0.856. The Kier molecular flexibility index (Phi) is 5.01. The summed E-state index contributed by atoms with van der Waals surface area (Å²) >= 11 is 9.06. The Morgan fingerprint density at radius 2 is 2.00 bits per heavy atom. The number of hydrogen-bond donors (Lipinski definition) is 1. The molecule has 96 valence electrons. The monoisotopic (exact) mass is 339 g/mol. The first kappa shape index (κ1) is 15.0. The fraction of sp³-hybridized carbons (Fsp3) is 0.455. The van der Waals surface area contributed by atoms with Gasteiger partial charge in [0.05, 0.1) is 4.90 Å². The highest BCUT2D eigenvalue weighted by Crippen LogP contribution is 2.28. The van der Waals surface area contributed by atoms with Crippen molar-refractivity contribution >= 4 is 37.6 Å². The molecular weight excluding hydrogens is 326 g/mol. The van der Waals surface area contributed by atoms with Crippen molar-refractivity contribution in [3.05, 3.63) is 27.7 Å². The highest BCUT2D eigenvalue weighted by molar-refractivity contribution is 9.10. The second kappa shape index (κ2) is 5.69. The molecule has 1 N–H and O–H groups in total. The highest BCUT2D eigenvalue weighted by atomic mass is 79.9. The van der Waals surface area contributed by atoms with E-state index in [1.165, 1.54) is 0 Å². The average Bonchev–Trinajstić information content (AvgIpc) is 2.19.